The summed E-state index contributed by atoms with van der Waals surface area (Å²) in [7, 11) is -2.05. The van der Waals surface area contributed by atoms with Gasteiger partial charge in [0.05, 0.1) is 10.6 Å². The smallest absolute Gasteiger partial charge is 0.417 e. The molecular formula is C26H27ClF3N3O6S. The summed E-state index contributed by atoms with van der Waals surface area (Å²) in [6.45, 7) is 1.42. The van der Waals surface area contributed by atoms with Crippen LogP contribution in [0.15, 0.2) is 36.4 Å². The van der Waals surface area contributed by atoms with E-state index >= 15 is 0 Å². The van der Waals surface area contributed by atoms with Crippen LogP contribution < -0.4 is 25.0 Å². The van der Waals surface area contributed by atoms with Gasteiger partial charge in [-0.25, -0.2) is 0 Å². The molecule has 0 radical (unpaired) electrons. The second-order valence-electron chi connectivity index (χ2n) is 9.44. The van der Waals surface area contributed by atoms with E-state index in [1.807, 2.05) is 0 Å². The number of ether oxygens (including phenoxy) is 2. The van der Waals surface area contributed by atoms with Gasteiger partial charge in [0.25, 0.3) is 0 Å². The topological polar surface area (TPSA) is 114 Å². The maximum Gasteiger partial charge on any atom is 0.417 e. The van der Waals surface area contributed by atoms with Crippen LogP contribution in [0.5, 0.6) is 11.5 Å². The third kappa shape index (κ3) is 7.25. The molecule has 0 spiro atoms. The average Bonchev–Trinajstić information content (AvgIpc) is 3.55. The van der Waals surface area contributed by atoms with Crippen LogP contribution in [0.25, 0.3) is 0 Å². The van der Waals surface area contributed by atoms with Crippen LogP contribution in [0.1, 0.15) is 38.2 Å². The second kappa shape index (κ2) is 12.5. The number of benzene rings is 2. The van der Waals surface area contributed by atoms with Crippen LogP contribution in [0.2, 0.25) is 5.02 Å². The lowest BCUT2D eigenvalue weighted by Crippen LogP contribution is -2.51. The predicted octanol–water partition coefficient (Wildman–Crippen LogP) is 4.26. The molecule has 14 heteroatoms. The number of hydrogen-bond donors (Lipinski definition) is 2. The first-order valence-corrected chi connectivity index (χ1v) is 14.3. The van der Waals surface area contributed by atoms with E-state index in [1.54, 1.807) is 12.1 Å². The van der Waals surface area contributed by atoms with E-state index in [0.29, 0.717) is 23.3 Å². The number of alkyl halides is 3. The van der Waals surface area contributed by atoms with Gasteiger partial charge >= 0.3 is 6.18 Å². The second-order valence-corrected chi connectivity index (χ2v) is 11.3. The standard InChI is InChI=1S/C26H27ClF3N3O6S/c1-15(25(36)32-16-4-2-3-5-16)33(18-7-8-20(27)19(11-18)26(28,29)30)24(35)13-40(37)12-23(34)31-17-6-9-21-22(10-17)39-14-38-21/h6-11,15-16H,2-5,12-14H2,1H3,(H,31,34)(H,32,36). The fraction of sp³-hybridized carbons (Fsp3) is 0.423. The molecule has 2 N–H and O–H groups in total. The van der Waals surface area contributed by atoms with Crippen LogP contribution in [0.4, 0.5) is 24.5 Å². The van der Waals surface area contributed by atoms with E-state index in [0.717, 1.165) is 36.6 Å². The van der Waals surface area contributed by atoms with Crippen molar-refractivity contribution in [2.24, 2.45) is 0 Å². The molecule has 2 aromatic carbocycles. The Kier molecular flexibility index (Phi) is 9.24. The van der Waals surface area contributed by atoms with Crippen LogP contribution in [-0.4, -0.2) is 52.3 Å². The molecule has 216 valence electrons. The summed E-state index contributed by atoms with van der Waals surface area (Å²) >= 11 is 5.75. The van der Waals surface area contributed by atoms with Gasteiger partial charge in [-0.05, 0) is 50.1 Å². The molecule has 3 amide bonds. The van der Waals surface area contributed by atoms with Crippen molar-refractivity contribution >= 4 is 51.5 Å². The molecule has 1 fully saturated rings. The van der Waals surface area contributed by atoms with E-state index in [2.05, 4.69) is 10.6 Å². The lowest BCUT2D eigenvalue weighted by molar-refractivity contribution is -0.137. The lowest BCUT2D eigenvalue weighted by Gasteiger charge is -2.30. The lowest BCUT2D eigenvalue weighted by atomic mass is 10.1. The number of nitrogens with one attached hydrogen (secondary N) is 2. The Hall–Kier alpha value is -3.32. The van der Waals surface area contributed by atoms with Gasteiger partial charge in [-0.15, -0.1) is 0 Å². The minimum absolute atomic E-state index is 0.0462. The number of rotatable bonds is 9. The normalized spacial score (nSPS) is 16.3. The molecule has 2 atom stereocenters. The minimum atomic E-state index is -4.81. The number of halogens is 4. The predicted molar refractivity (Wildman–Crippen MR) is 143 cm³/mol. The number of amides is 3. The van der Waals surface area contributed by atoms with Crippen LogP contribution in [0.3, 0.4) is 0 Å². The Morgan fingerprint density at radius 2 is 1.77 bits per heavy atom. The molecule has 0 aromatic heterocycles. The molecule has 2 aliphatic rings. The van der Waals surface area contributed by atoms with Gasteiger partial charge in [0.2, 0.25) is 24.5 Å². The average molecular weight is 602 g/mol. The van der Waals surface area contributed by atoms with E-state index in [4.69, 9.17) is 21.1 Å². The minimum Gasteiger partial charge on any atom is -0.454 e. The third-order valence-corrected chi connectivity index (χ3v) is 7.99. The van der Waals surface area contributed by atoms with Crippen molar-refractivity contribution in [2.75, 3.05) is 28.5 Å². The molecule has 1 heterocycles. The first kappa shape index (κ1) is 29.7. The number of fused-ring (bicyclic) bond motifs is 1. The Balaban J connectivity index is 1.49. The number of carbonyl (C=O) groups excluding carboxylic acids is 3. The van der Waals surface area contributed by atoms with Crippen molar-refractivity contribution in [3.63, 3.8) is 0 Å². The van der Waals surface area contributed by atoms with Crippen LogP contribution in [0, 0.1) is 0 Å². The summed E-state index contributed by atoms with van der Waals surface area (Å²) in [6.07, 6.45) is -1.43. The molecule has 0 bridgehead atoms. The summed E-state index contributed by atoms with van der Waals surface area (Å²) < 4.78 is 63.9. The van der Waals surface area contributed by atoms with Crippen molar-refractivity contribution < 1.29 is 41.2 Å². The summed E-state index contributed by atoms with van der Waals surface area (Å²) in [6, 6.07) is 6.20. The Morgan fingerprint density at radius 3 is 2.48 bits per heavy atom. The van der Waals surface area contributed by atoms with Crippen molar-refractivity contribution in [1.29, 1.82) is 0 Å². The zero-order chi connectivity index (χ0) is 29.0. The number of hydrogen-bond acceptors (Lipinski definition) is 6. The fourth-order valence-electron chi connectivity index (χ4n) is 4.55. The number of carbonyl (C=O) groups is 3. The van der Waals surface area contributed by atoms with E-state index in [9.17, 15) is 31.8 Å². The molecular weight excluding hydrogens is 575 g/mol. The third-order valence-electron chi connectivity index (χ3n) is 6.50. The summed E-state index contributed by atoms with van der Waals surface area (Å²) in [5.41, 5.74) is -1.06. The molecule has 1 aliphatic heterocycles. The monoisotopic (exact) mass is 601 g/mol. The molecule has 40 heavy (non-hydrogen) atoms. The van der Waals surface area contributed by atoms with Gasteiger partial charge in [-0.1, -0.05) is 24.4 Å². The largest absolute Gasteiger partial charge is 0.454 e. The highest BCUT2D eigenvalue weighted by Gasteiger charge is 2.36. The van der Waals surface area contributed by atoms with E-state index < -0.39 is 62.8 Å². The Morgan fingerprint density at radius 1 is 1.07 bits per heavy atom. The van der Waals surface area contributed by atoms with Gasteiger partial charge in [0, 0.05) is 34.3 Å². The highest BCUT2D eigenvalue weighted by Crippen LogP contribution is 2.37. The molecule has 1 aliphatic carbocycles. The molecule has 2 unspecified atom stereocenters. The maximum absolute atomic E-state index is 13.6. The van der Waals surface area contributed by atoms with Crippen LogP contribution in [-0.2, 0) is 31.4 Å². The van der Waals surface area contributed by atoms with E-state index in [-0.39, 0.29) is 18.5 Å². The van der Waals surface area contributed by atoms with Crippen molar-refractivity contribution in [3.8, 4) is 11.5 Å². The fourth-order valence-corrected chi connectivity index (χ4v) is 5.65. The first-order chi connectivity index (χ1) is 18.9. The maximum atomic E-state index is 13.6. The highest BCUT2D eigenvalue weighted by atomic mass is 35.5. The van der Waals surface area contributed by atoms with E-state index in [1.165, 1.54) is 19.1 Å². The molecule has 9 nitrogen and oxygen atoms in total. The van der Waals surface area contributed by atoms with Crippen molar-refractivity contribution in [2.45, 2.75) is 50.9 Å². The molecule has 2 aromatic rings. The van der Waals surface area contributed by atoms with Gasteiger partial charge in [-0.3, -0.25) is 23.5 Å². The van der Waals surface area contributed by atoms with Crippen LogP contribution >= 0.6 is 11.6 Å². The Labute approximate surface area is 235 Å². The van der Waals surface area contributed by atoms with Crippen molar-refractivity contribution in [3.05, 3.63) is 47.0 Å². The SMILES string of the molecule is CC(C(=O)NC1CCCC1)N(C(=O)CS(=O)CC(=O)Nc1ccc2c(c1)OCO2)c1ccc(Cl)c(C(F)(F)F)c1. The number of nitrogens with zero attached hydrogens (tertiary/aromatic N) is 1. The quantitative estimate of drug-likeness (QED) is 0.444. The zero-order valence-corrected chi connectivity index (χ0v) is 23.0. The summed E-state index contributed by atoms with van der Waals surface area (Å²) in [4.78, 5) is 39.7. The van der Waals surface area contributed by atoms with Gasteiger partial charge in [0.1, 0.15) is 17.5 Å². The van der Waals surface area contributed by atoms with Crippen molar-refractivity contribution in [1.82, 2.24) is 5.32 Å². The number of anilines is 2. The van der Waals surface area contributed by atoms with Gasteiger partial charge in [0.15, 0.2) is 11.5 Å². The molecule has 0 saturated heterocycles. The van der Waals surface area contributed by atoms with Gasteiger partial charge in [-0.2, -0.15) is 13.2 Å². The molecule has 1 saturated carbocycles. The summed E-state index contributed by atoms with van der Waals surface area (Å²) in [5.74, 6) is -2.45. The summed E-state index contributed by atoms with van der Waals surface area (Å²) in [5, 5.41) is 4.81. The highest BCUT2D eigenvalue weighted by molar-refractivity contribution is 7.86. The first-order valence-electron chi connectivity index (χ1n) is 12.5. The molecule has 4 rings (SSSR count). The zero-order valence-electron chi connectivity index (χ0n) is 21.4. The van der Waals surface area contributed by atoms with Gasteiger partial charge < -0.3 is 20.1 Å². The Bertz CT molecular complexity index is 1320.